The van der Waals surface area contributed by atoms with Gasteiger partial charge in [-0.1, -0.05) is 222 Å². The lowest BCUT2D eigenvalue weighted by Gasteiger charge is -2.37. The zero-order valence-electron chi connectivity index (χ0n) is 55.1. The molecule has 0 aliphatic heterocycles. The topological polar surface area (TPSA) is 101 Å². The number of hydrogen-bond acceptors (Lipinski definition) is 5. The summed E-state index contributed by atoms with van der Waals surface area (Å²) in [5.41, 5.74) is 11.6. The summed E-state index contributed by atoms with van der Waals surface area (Å²) in [5.74, 6) is 0.836. The van der Waals surface area contributed by atoms with Gasteiger partial charge in [0.25, 0.3) is 0 Å². The van der Waals surface area contributed by atoms with E-state index in [4.69, 9.17) is 0 Å². The van der Waals surface area contributed by atoms with Crippen molar-refractivity contribution < 1.29 is 25.5 Å². The Kier molecular flexibility index (Phi) is 17.4. The van der Waals surface area contributed by atoms with Crippen molar-refractivity contribution in [2.24, 2.45) is 27.1 Å². The average molecular weight is 1090 g/mol. The van der Waals surface area contributed by atoms with E-state index in [9.17, 15) is 25.5 Å². The van der Waals surface area contributed by atoms with Crippen LogP contribution in [0.5, 0.6) is 28.7 Å². The monoisotopic (exact) mass is 1090 g/mol. The maximum atomic E-state index is 13.0. The van der Waals surface area contributed by atoms with Gasteiger partial charge in [0.15, 0.2) is 0 Å². The van der Waals surface area contributed by atoms with Gasteiger partial charge in [-0.2, -0.15) is 0 Å². The molecular weight excluding hydrogens is 981 g/mol. The number of hydrogen-bond donors (Lipinski definition) is 5. The van der Waals surface area contributed by atoms with Crippen LogP contribution in [-0.2, 0) is 59.2 Å². The molecule has 6 rings (SSSR count). The lowest BCUT2D eigenvalue weighted by molar-refractivity contribution is 0.281. The normalized spacial score (nSPS) is 14.8. The lowest BCUT2D eigenvalue weighted by atomic mass is 9.68. The molecule has 10 bridgehead atoms. The number of rotatable bonds is 10. The molecular formula is C75H110O5. The third kappa shape index (κ3) is 15.8. The Morgan fingerprint density at radius 1 is 0.237 bits per heavy atom. The van der Waals surface area contributed by atoms with Crippen LogP contribution in [0.25, 0.3) is 0 Å². The molecule has 5 nitrogen and oxygen atoms in total. The summed E-state index contributed by atoms with van der Waals surface area (Å²) >= 11 is 0. The maximum Gasteiger partial charge on any atom is 0.122 e. The molecule has 0 saturated carbocycles. The molecule has 0 heterocycles. The minimum Gasteiger partial charge on any atom is -0.508 e. The maximum absolute atomic E-state index is 13.0. The Morgan fingerprint density at radius 2 is 0.400 bits per heavy atom. The van der Waals surface area contributed by atoms with Gasteiger partial charge in [0, 0.05) is 32.1 Å². The molecule has 1 aliphatic carbocycles. The zero-order valence-corrected chi connectivity index (χ0v) is 55.1. The first-order valence-electron chi connectivity index (χ1n) is 30.2. The number of fused-ring (bicyclic) bond motifs is 10. The van der Waals surface area contributed by atoms with Gasteiger partial charge in [0.05, 0.1) is 0 Å². The zero-order chi connectivity index (χ0) is 60.7. The predicted octanol–water partition coefficient (Wildman–Crippen LogP) is 20.1. The van der Waals surface area contributed by atoms with Crippen LogP contribution in [-0.4, -0.2) is 25.5 Å². The summed E-state index contributed by atoms with van der Waals surface area (Å²) in [5, 5.41) is 64.1. The molecule has 5 aromatic carbocycles. The van der Waals surface area contributed by atoms with Gasteiger partial charge in [-0.15, -0.1) is 0 Å². The van der Waals surface area contributed by atoms with E-state index >= 15 is 0 Å². The van der Waals surface area contributed by atoms with Crippen molar-refractivity contribution in [2.45, 2.75) is 264 Å². The summed E-state index contributed by atoms with van der Waals surface area (Å²) in [4.78, 5) is 0. The molecule has 0 radical (unpaired) electrons. The fourth-order valence-corrected chi connectivity index (χ4v) is 15.7. The van der Waals surface area contributed by atoms with Gasteiger partial charge in [-0.25, -0.2) is 0 Å². The second-order valence-electron chi connectivity index (χ2n) is 34.7. The molecule has 0 aromatic heterocycles. The molecule has 440 valence electrons. The smallest absolute Gasteiger partial charge is 0.122 e. The molecule has 0 saturated heterocycles. The third-order valence-corrected chi connectivity index (χ3v) is 16.9. The van der Waals surface area contributed by atoms with Crippen LogP contribution in [0.15, 0.2) is 60.7 Å². The standard InChI is InChI=1S/C75H110O5/c1-66(2,3)41-71(16,17)56-31-48-26-46-39-60(76)40-47(61(46)75(24,25)45-70(13,14)15)27-49-32-57(72(18,19)42-67(4,5)6)34-51(63(49)78)29-53-36-59(74(22,23)44-69(10,11)12)38-55(65(53)80)30-54-37-58(73(20,21)43-68(7,8)9)35-52(64(54)79)28-50(33-56)62(48)77/h31-40,76-80H,26-30,41-45H2,1-25H3. The van der Waals surface area contributed by atoms with Crippen LogP contribution in [0.1, 0.15) is 289 Å². The molecule has 5 N–H and O–H groups in total. The van der Waals surface area contributed by atoms with Gasteiger partial charge in [-0.05, 0) is 182 Å². The van der Waals surface area contributed by atoms with Crippen molar-refractivity contribution >= 4 is 0 Å². The molecule has 5 aromatic rings. The molecule has 0 unspecified atom stereocenters. The quantitative estimate of drug-likeness (QED) is 0.0941. The van der Waals surface area contributed by atoms with Gasteiger partial charge in [0.1, 0.15) is 28.7 Å². The number of phenolic OH excluding ortho intramolecular Hbond substituents is 5. The van der Waals surface area contributed by atoms with Crippen molar-refractivity contribution in [2.75, 3.05) is 0 Å². The van der Waals surface area contributed by atoms with E-state index in [1.165, 1.54) is 0 Å². The summed E-state index contributed by atoms with van der Waals surface area (Å²) in [7, 11) is 0. The van der Waals surface area contributed by atoms with Crippen LogP contribution in [0, 0.1) is 27.1 Å². The van der Waals surface area contributed by atoms with Crippen LogP contribution >= 0.6 is 0 Å². The molecule has 0 spiro atoms. The molecule has 5 heteroatoms. The second-order valence-corrected chi connectivity index (χ2v) is 34.7. The summed E-state index contributed by atoms with van der Waals surface area (Å²) in [6, 6.07) is 21.2. The minimum absolute atomic E-state index is 0.00128. The van der Waals surface area contributed by atoms with Gasteiger partial charge >= 0.3 is 0 Å². The van der Waals surface area contributed by atoms with Crippen molar-refractivity contribution in [3.8, 4) is 28.7 Å². The highest BCUT2D eigenvalue weighted by Gasteiger charge is 2.37. The van der Waals surface area contributed by atoms with Gasteiger partial charge in [-0.3, -0.25) is 0 Å². The fourth-order valence-electron chi connectivity index (χ4n) is 15.7. The summed E-state index contributed by atoms with van der Waals surface area (Å²) in [6.45, 7) is 57.1. The predicted molar refractivity (Wildman–Crippen MR) is 340 cm³/mol. The number of benzene rings is 5. The number of aromatic hydroxyl groups is 5. The van der Waals surface area contributed by atoms with E-state index < -0.39 is 5.41 Å². The van der Waals surface area contributed by atoms with Crippen molar-refractivity contribution in [1.82, 2.24) is 0 Å². The van der Waals surface area contributed by atoms with E-state index in [1.54, 1.807) is 0 Å². The van der Waals surface area contributed by atoms with Gasteiger partial charge < -0.3 is 25.5 Å². The van der Waals surface area contributed by atoms with Crippen molar-refractivity contribution in [3.63, 3.8) is 0 Å². The van der Waals surface area contributed by atoms with E-state index in [2.05, 4.69) is 222 Å². The molecule has 0 amide bonds. The number of phenols is 5. The van der Waals surface area contributed by atoms with Crippen LogP contribution in [0.4, 0.5) is 0 Å². The summed E-state index contributed by atoms with van der Waals surface area (Å²) < 4.78 is 0. The van der Waals surface area contributed by atoms with Crippen molar-refractivity contribution in [1.29, 1.82) is 0 Å². The molecule has 0 fully saturated rings. The highest BCUT2D eigenvalue weighted by atomic mass is 16.3. The summed E-state index contributed by atoms with van der Waals surface area (Å²) in [6.07, 6.45) is 5.94. The van der Waals surface area contributed by atoms with E-state index in [1.807, 2.05) is 12.1 Å². The first-order valence-corrected chi connectivity index (χ1v) is 30.2. The van der Waals surface area contributed by atoms with E-state index in [-0.39, 0.29) is 96.7 Å². The van der Waals surface area contributed by atoms with Crippen LogP contribution < -0.4 is 0 Å². The molecule has 80 heavy (non-hydrogen) atoms. The largest absolute Gasteiger partial charge is 0.508 e. The Morgan fingerprint density at radius 3 is 0.575 bits per heavy atom. The van der Waals surface area contributed by atoms with Crippen LogP contribution in [0.3, 0.4) is 0 Å². The van der Waals surface area contributed by atoms with E-state index in [0.717, 1.165) is 116 Å². The Balaban J connectivity index is 1.85. The first-order chi connectivity index (χ1) is 35.9. The van der Waals surface area contributed by atoms with Gasteiger partial charge in [0.2, 0.25) is 0 Å². The van der Waals surface area contributed by atoms with Crippen LogP contribution in [0.2, 0.25) is 0 Å². The fraction of sp³-hybridized carbons (Fsp3) is 0.600. The lowest BCUT2D eigenvalue weighted by Crippen LogP contribution is -2.28. The van der Waals surface area contributed by atoms with Crippen molar-refractivity contribution in [3.05, 3.63) is 144 Å². The van der Waals surface area contributed by atoms with E-state index in [0.29, 0.717) is 12.8 Å². The SMILES string of the molecule is CC(C)(C)CC(C)(C)c1cc2c(O)c(c1)Cc1cc(C(C)(C)CC(C)(C)C)cc(c1O)Cc1cc(O)cc(c1C(C)(C)CC(C)(C)C)Cc1cc(C(C)(C)CC(C)(C)C)cc(c1O)Cc1cc(C(C)(C)CC(C)(C)C)cc(c1O)C2. The second kappa shape index (κ2) is 21.7. The first kappa shape index (κ1) is 64.3. The minimum atomic E-state index is -0.415. The average Bonchev–Trinajstić information content (AvgIpc) is 3.21. The Labute approximate surface area is 487 Å². The Bertz CT molecular complexity index is 2890. The highest BCUT2D eigenvalue weighted by Crippen LogP contribution is 2.49. The highest BCUT2D eigenvalue weighted by molar-refractivity contribution is 5.60. The third-order valence-electron chi connectivity index (χ3n) is 16.9. The molecule has 1 aliphatic rings. The molecule has 0 atom stereocenters. The Hall–Kier alpha value is -4.90.